The van der Waals surface area contributed by atoms with E-state index >= 15 is 0 Å². The summed E-state index contributed by atoms with van der Waals surface area (Å²) >= 11 is 1.54. The van der Waals surface area contributed by atoms with E-state index in [-0.39, 0.29) is 5.69 Å². The number of carbonyl (C=O) groups is 1. The van der Waals surface area contributed by atoms with E-state index in [1.807, 2.05) is 18.2 Å². The molecule has 0 bridgehead atoms. The molecule has 2 aromatic rings. The number of aldehydes is 1. The molecule has 0 unspecified atom stereocenters. The van der Waals surface area contributed by atoms with Gasteiger partial charge in [-0.1, -0.05) is 24.3 Å². The molecule has 0 aliphatic heterocycles. The zero-order chi connectivity index (χ0) is 13.7. The standard InChI is InChI=1S/C14H11NO3S/c16-9-11-3-2-6-14(8-11)19-10-12-4-1-5-13(7-12)15(17)18/h1-9H,10H2. The maximum absolute atomic E-state index is 10.7. The predicted molar refractivity (Wildman–Crippen MR) is 74.5 cm³/mol. The summed E-state index contributed by atoms with van der Waals surface area (Å²) in [6, 6.07) is 13.8. The topological polar surface area (TPSA) is 60.2 Å². The van der Waals surface area contributed by atoms with Gasteiger partial charge < -0.3 is 0 Å². The maximum Gasteiger partial charge on any atom is 0.269 e. The van der Waals surface area contributed by atoms with Crippen LogP contribution in [0.25, 0.3) is 0 Å². The molecule has 5 heteroatoms. The van der Waals surface area contributed by atoms with Crippen molar-refractivity contribution in [1.29, 1.82) is 0 Å². The van der Waals surface area contributed by atoms with Crippen molar-refractivity contribution in [1.82, 2.24) is 0 Å². The number of hydrogen-bond donors (Lipinski definition) is 0. The van der Waals surface area contributed by atoms with Gasteiger partial charge >= 0.3 is 0 Å². The molecule has 0 aliphatic rings. The highest BCUT2D eigenvalue weighted by Gasteiger charge is 2.06. The molecule has 0 radical (unpaired) electrons. The molecule has 0 N–H and O–H groups in total. The molecule has 2 aromatic carbocycles. The number of thioether (sulfide) groups is 1. The Kier molecular flexibility index (Phi) is 4.30. The molecular weight excluding hydrogens is 262 g/mol. The molecule has 4 nitrogen and oxygen atoms in total. The van der Waals surface area contributed by atoms with Crippen LogP contribution in [0.2, 0.25) is 0 Å². The number of nitro benzene ring substituents is 1. The van der Waals surface area contributed by atoms with Crippen LogP contribution in [0.3, 0.4) is 0 Å². The number of non-ortho nitro benzene ring substituents is 1. The summed E-state index contributed by atoms with van der Waals surface area (Å²) in [6.45, 7) is 0. The lowest BCUT2D eigenvalue weighted by atomic mass is 10.2. The molecule has 0 saturated carbocycles. The quantitative estimate of drug-likeness (QED) is 0.361. The number of benzene rings is 2. The second kappa shape index (κ2) is 6.15. The smallest absolute Gasteiger partial charge is 0.269 e. The van der Waals surface area contributed by atoms with Crippen molar-refractivity contribution in [2.24, 2.45) is 0 Å². The second-order valence-corrected chi connectivity index (χ2v) is 4.95. The van der Waals surface area contributed by atoms with E-state index in [2.05, 4.69) is 0 Å². The highest BCUT2D eigenvalue weighted by atomic mass is 32.2. The van der Waals surface area contributed by atoms with Crippen molar-refractivity contribution in [3.05, 3.63) is 69.8 Å². The Morgan fingerprint density at radius 2 is 1.95 bits per heavy atom. The van der Waals surface area contributed by atoms with Crippen LogP contribution in [0.5, 0.6) is 0 Å². The monoisotopic (exact) mass is 273 g/mol. The van der Waals surface area contributed by atoms with Gasteiger partial charge in [0, 0.05) is 28.3 Å². The number of rotatable bonds is 5. The van der Waals surface area contributed by atoms with Gasteiger partial charge in [-0.05, 0) is 17.7 Å². The minimum atomic E-state index is -0.402. The van der Waals surface area contributed by atoms with E-state index in [1.165, 1.54) is 6.07 Å². The predicted octanol–water partition coefficient (Wildman–Crippen LogP) is 3.70. The maximum atomic E-state index is 10.7. The largest absolute Gasteiger partial charge is 0.298 e. The summed E-state index contributed by atoms with van der Waals surface area (Å²) in [5.74, 6) is 0.629. The van der Waals surface area contributed by atoms with Crippen LogP contribution < -0.4 is 0 Å². The molecule has 0 spiro atoms. The van der Waals surface area contributed by atoms with Gasteiger partial charge in [-0.15, -0.1) is 11.8 Å². The van der Waals surface area contributed by atoms with Gasteiger partial charge in [-0.3, -0.25) is 14.9 Å². The SMILES string of the molecule is O=Cc1cccc(SCc2cccc([N+](=O)[O-])c2)c1. The van der Waals surface area contributed by atoms with E-state index in [0.717, 1.165) is 16.7 Å². The van der Waals surface area contributed by atoms with Crippen LogP contribution in [-0.2, 0) is 5.75 Å². The number of nitro groups is 1. The zero-order valence-corrected chi connectivity index (χ0v) is 10.8. The minimum absolute atomic E-state index is 0.0970. The Bertz CT molecular complexity index is 613. The molecule has 0 fully saturated rings. The van der Waals surface area contributed by atoms with E-state index in [0.29, 0.717) is 11.3 Å². The Hall–Kier alpha value is -2.14. The first-order valence-corrected chi connectivity index (χ1v) is 6.59. The molecule has 2 rings (SSSR count). The third-order valence-electron chi connectivity index (χ3n) is 2.52. The van der Waals surface area contributed by atoms with Gasteiger partial charge in [0.05, 0.1) is 4.92 Å². The third-order valence-corrected chi connectivity index (χ3v) is 3.59. The first kappa shape index (κ1) is 13.3. The number of nitrogens with zero attached hydrogens (tertiary/aromatic N) is 1. The molecular formula is C14H11NO3S. The zero-order valence-electron chi connectivity index (χ0n) is 9.98. The van der Waals surface area contributed by atoms with Crippen molar-refractivity contribution in [2.75, 3.05) is 0 Å². The molecule has 0 heterocycles. The summed E-state index contributed by atoms with van der Waals surface area (Å²) in [5.41, 5.74) is 1.61. The molecule has 0 saturated heterocycles. The third kappa shape index (κ3) is 3.66. The lowest BCUT2D eigenvalue weighted by Gasteiger charge is -2.02. The van der Waals surface area contributed by atoms with Crippen LogP contribution in [-0.4, -0.2) is 11.2 Å². The molecule has 0 atom stereocenters. The molecule has 19 heavy (non-hydrogen) atoms. The second-order valence-electron chi connectivity index (χ2n) is 3.91. The fourth-order valence-electron chi connectivity index (χ4n) is 1.60. The number of hydrogen-bond acceptors (Lipinski definition) is 4. The summed E-state index contributed by atoms with van der Waals surface area (Å²) in [5, 5.41) is 10.7. The molecule has 0 aromatic heterocycles. The molecule has 96 valence electrons. The van der Waals surface area contributed by atoms with E-state index in [1.54, 1.807) is 36.0 Å². The Morgan fingerprint density at radius 1 is 1.16 bits per heavy atom. The van der Waals surface area contributed by atoms with Crippen LogP contribution in [0.1, 0.15) is 15.9 Å². The van der Waals surface area contributed by atoms with Crippen LogP contribution in [0.4, 0.5) is 5.69 Å². The van der Waals surface area contributed by atoms with Crippen molar-refractivity contribution >= 4 is 23.7 Å². The Balaban J connectivity index is 2.07. The lowest BCUT2D eigenvalue weighted by molar-refractivity contribution is -0.384. The van der Waals surface area contributed by atoms with Crippen molar-refractivity contribution in [2.45, 2.75) is 10.6 Å². The van der Waals surface area contributed by atoms with Gasteiger partial charge in [0.15, 0.2) is 0 Å². The lowest BCUT2D eigenvalue weighted by Crippen LogP contribution is -1.89. The average molecular weight is 273 g/mol. The van der Waals surface area contributed by atoms with Crippen LogP contribution in [0, 0.1) is 10.1 Å². The van der Waals surface area contributed by atoms with Crippen LogP contribution >= 0.6 is 11.8 Å². The summed E-state index contributed by atoms with van der Waals surface area (Å²) < 4.78 is 0. The fourth-order valence-corrected chi connectivity index (χ4v) is 2.51. The summed E-state index contributed by atoms with van der Waals surface area (Å²) in [7, 11) is 0. The van der Waals surface area contributed by atoms with Gasteiger partial charge in [-0.2, -0.15) is 0 Å². The molecule has 0 amide bonds. The average Bonchev–Trinajstić information content (AvgIpc) is 2.45. The minimum Gasteiger partial charge on any atom is -0.298 e. The van der Waals surface area contributed by atoms with Gasteiger partial charge in [-0.25, -0.2) is 0 Å². The van der Waals surface area contributed by atoms with Crippen molar-refractivity contribution in [3.63, 3.8) is 0 Å². The van der Waals surface area contributed by atoms with Crippen LogP contribution in [0.15, 0.2) is 53.4 Å². The highest BCUT2D eigenvalue weighted by Crippen LogP contribution is 2.24. The van der Waals surface area contributed by atoms with Gasteiger partial charge in [0.2, 0.25) is 0 Å². The Morgan fingerprint density at radius 3 is 2.68 bits per heavy atom. The van der Waals surface area contributed by atoms with Crippen molar-refractivity contribution in [3.8, 4) is 0 Å². The first-order valence-electron chi connectivity index (χ1n) is 5.60. The fraction of sp³-hybridized carbons (Fsp3) is 0.0714. The van der Waals surface area contributed by atoms with Crippen molar-refractivity contribution < 1.29 is 9.72 Å². The summed E-state index contributed by atoms with van der Waals surface area (Å²) in [4.78, 5) is 21.9. The van der Waals surface area contributed by atoms with Gasteiger partial charge in [0.25, 0.3) is 5.69 Å². The molecule has 0 aliphatic carbocycles. The van der Waals surface area contributed by atoms with Gasteiger partial charge in [0.1, 0.15) is 6.29 Å². The first-order chi connectivity index (χ1) is 9.19. The van der Waals surface area contributed by atoms with E-state index < -0.39 is 4.92 Å². The number of carbonyl (C=O) groups excluding carboxylic acids is 1. The van der Waals surface area contributed by atoms with E-state index in [9.17, 15) is 14.9 Å². The highest BCUT2D eigenvalue weighted by molar-refractivity contribution is 7.98. The van der Waals surface area contributed by atoms with E-state index in [4.69, 9.17) is 0 Å². The summed E-state index contributed by atoms with van der Waals surface area (Å²) in [6.07, 6.45) is 0.803. The normalized spacial score (nSPS) is 10.1. The Labute approximate surface area is 114 Å².